The Kier molecular flexibility index (Phi) is 4.12. The second kappa shape index (κ2) is 5.65. The van der Waals surface area contributed by atoms with E-state index < -0.39 is 5.41 Å². The molecule has 0 radical (unpaired) electrons. The van der Waals surface area contributed by atoms with E-state index in [0.29, 0.717) is 6.42 Å². The molecule has 1 aliphatic carbocycles. The molecule has 1 unspecified atom stereocenters. The Labute approximate surface area is 119 Å². The summed E-state index contributed by atoms with van der Waals surface area (Å²) in [6.45, 7) is 5.98. The molecule has 0 amide bonds. The largest absolute Gasteiger partial charge is 0.469 e. The maximum atomic E-state index is 11.9. The summed E-state index contributed by atoms with van der Waals surface area (Å²) in [5, 5.41) is 4.57. The molecule has 108 valence electrons. The van der Waals surface area contributed by atoms with E-state index in [4.69, 9.17) is 4.74 Å². The molecule has 0 N–H and O–H groups in total. The van der Waals surface area contributed by atoms with Gasteiger partial charge in [0, 0.05) is 11.8 Å². The Bertz CT molecular complexity index is 618. The van der Waals surface area contributed by atoms with Crippen LogP contribution in [-0.2, 0) is 22.4 Å². The number of methoxy groups -OCH3 is 1. The fourth-order valence-electron chi connectivity index (χ4n) is 2.79. The zero-order valence-corrected chi connectivity index (χ0v) is 12.6. The summed E-state index contributed by atoms with van der Waals surface area (Å²) in [6.07, 6.45) is 4.30. The molecule has 0 spiro atoms. The summed E-state index contributed by atoms with van der Waals surface area (Å²) in [5.74, 6) is -0.122. The number of carbonyl (C=O) groups is 1. The number of pyridine rings is 1. The van der Waals surface area contributed by atoms with Crippen LogP contribution in [0.2, 0.25) is 0 Å². The molecule has 4 nitrogen and oxygen atoms in total. The van der Waals surface area contributed by atoms with Gasteiger partial charge in [0.05, 0.1) is 23.7 Å². The van der Waals surface area contributed by atoms with Gasteiger partial charge in [-0.25, -0.2) is 4.52 Å². The van der Waals surface area contributed by atoms with Crippen LogP contribution in [0, 0.1) is 5.41 Å². The Morgan fingerprint density at radius 1 is 1.40 bits per heavy atom. The summed E-state index contributed by atoms with van der Waals surface area (Å²) < 4.78 is 6.83. The first-order valence-electron chi connectivity index (χ1n) is 7.17. The smallest absolute Gasteiger partial charge is 0.311 e. The summed E-state index contributed by atoms with van der Waals surface area (Å²) in [4.78, 5) is 11.9. The molecule has 0 aromatic carbocycles. The third kappa shape index (κ3) is 2.30. The first-order valence-corrected chi connectivity index (χ1v) is 7.17. The summed E-state index contributed by atoms with van der Waals surface area (Å²) in [6, 6.07) is 6.02. The zero-order valence-electron chi connectivity index (χ0n) is 12.6. The lowest BCUT2D eigenvalue weighted by atomic mass is 9.74. The second-order valence-corrected chi connectivity index (χ2v) is 5.18. The van der Waals surface area contributed by atoms with Crippen LogP contribution in [0.15, 0.2) is 24.4 Å². The standard InChI is InChI=1S/C14H16N2O2.C2H6/c1-14(13(17)18-2)7-6-11-10(9-14)12-5-3-4-8-16(12)15-11;1-2/h3-5,8H,6-7,9H2,1-2H3;1-2H3. The lowest BCUT2D eigenvalue weighted by Gasteiger charge is -2.30. The van der Waals surface area contributed by atoms with Crippen LogP contribution in [0.3, 0.4) is 0 Å². The van der Waals surface area contributed by atoms with Gasteiger partial charge < -0.3 is 4.74 Å². The highest BCUT2D eigenvalue weighted by Crippen LogP contribution is 2.37. The van der Waals surface area contributed by atoms with Crippen molar-refractivity contribution in [2.75, 3.05) is 7.11 Å². The predicted octanol–water partition coefficient (Wildman–Crippen LogP) is 3.03. The van der Waals surface area contributed by atoms with E-state index in [0.717, 1.165) is 24.1 Å². The van der Waals surface area contributed by atoms with Crippen molar-refractivity contribution < 1.29 is 9.53 Å². The number of aromatic nitrogens is 2. The molecular weight excluding hydrogens is 252 g/mol. The lowest BCUT2D eigenvalue weighted by molar-refractivity contribution is -0.152. The first-order chi connectivity index (χ1) is 9.64. The first kappa shape index (κ1) is 14.6. The Hall–Kier alpha value is -1.84. The fourth-order valence-corrected chi connectivity index (χ4v) is 2.79. The second-order valence-electron chi connectivity index (χ2n) is 5.18. The third-order valence-electron chi connectivity index (χ3n) is 3.88. The number of esters is 1. The van der Waals surface area contributed by atoms with Crippen molar-refractivity contribution in [3.8, 4) is 0 Å². The van der Waals surface area contributed by atoms with Gasteiger partial charge in [-0.2, -0.15) is 5.10 Å². The van der Waals surface area contributed by atoms with Crippen LogP contribution >= 0.6 is 0 Å². The van der Waals surface area contributed by atoms with Crippen molar-refractivity contribution in [1.82, 2.24) is 9.61 Å². The number of carbonyl (C=O) groups excluding carboxylic acids is 1. The number of aryl methyl sites for hydroxylation is 1. The minimum atomic E-state index is -0.416. The molecule has 2 aromatic heterocycles. The number of ether oxygens (including phenoxy) is 1. The Morgan fingerprint density at radius 2 is 2.15 bits per heavy atom. The van der Waals surface area contributed by atoms with Gasteiger partial charge >= 0.3 is 5.97 Å². The Morgan fingerprint density at radius 3 is 2.85 bits per heavy atom. The molecule has 0 saturated carbocycles. The van der Waals surface area contributed by atoms with Crippen molar-refractivity contribution in [2.24, 2.45) is 5.41 Å². The maximum Gasteiger partial charge on any atom is 0.311 e. The monoisotopic (exact) mass is 274 g/mol. The van der Waals surface area contributed by atoms with Gasteiger partial charge in [-0.1, -0.05) is 19.9 Å². The van der Waals surface area contributed by atoms with E-state index in [9.17, 15) is 4.79 Å². The van der Waals surface area contributed by atoms with Gasteiger partial charge in [0.25, 0.3) is 0 Å². The summed E-state index contributed by atoms with van der Waals surface area (Å²) >= 11 is 0. The van der Waals surface area contributed by atoms with E-state index in [1.165, 1.54) is 12.7 Å². The number of fused-ring (bicyclic) bond motifs is 3. The molecule has 0 aliphatic heterocycles. The van der Waals surface area contributed by atoms with E-state index in [-0.39, 0.29) is 5.97 Å². The minimum Gasteiger partial charge on any atom is -0.469 e. The van der Waals surface area contributed by atoms with Crippen molar-refractivity contribution in [3.63, 3.8) is 0 Å². The third-order valence-corrected chi connectivity index (χ3v) is 3.88. The topological polar surface area (TPSA) is 43.6 Å². The van der Waals surface area contributed by atoms with Crippen molar-refractivity contribution in [1.29, 1.82) is 0 Å². The molecule has 0 fully saturated rings. The van der Waals surface area contributed by atoms with Gasteiger partial charge in [-0.3, -0.25) is 4.79 Å². The molecule has 20 heavy (non-hydrogen) atoms. The predicted molar refractivity (Wildman–Crippen MR) is 78.7 cm³/mol. The van der Waals surface area contributed by atoms with Crippen LogP contribution in [0.1, 0.15) is 38.4 Å². The Balaban J connectivity index is 0.000000704. The molecule has 1 aliphatic rings. The van der Waals surface area contributed by atoms with Crippen molar-refractivity contribution in [3.05, 3.63) is 35.7 Å². The van der Waals surface area contributed by atoms with E-state index in [1.54, 1.807) is 0 Å². The summed E-state index contributed by atoms with van der Waals surface area (Å²) in [7, 11) is 1.46. The molecule has 0 bridgehead atoms. The van der Waals surface area contributed by atoms with Gasteiger partial charge in [0.2, 0.25) is 0 Å². The average Bonchev–Trinajstić information content (AvgIpc) is 2.86. The molecule has 1 atom stereocenters. The number of nitrogens with zero attached hydrogens (tertiary/aromatic N) is 2. The lowest BCUT2D eigenvalue weighted by Crippen LogP contribution is -2.34. The fraction of sp³-hybridized carbons (Fsp3) is 0.500. The average molecular weight is 274 g/mol. The van der Waals surface area contributed by atoms with E-state index in [1.807, 2.05) is 43.6 Å². The van der Waals surface area contributed by atoms with Crippen LogP contribution < -0.4 is 0 Å². The highest BCUT2D eigenvalue weighted by atomic mass is 16.5. The van der Waals surface area contributed by atoms with Gasteiger partial charge in [0.1, 0.15) is 0 Å². The highest BCUT2D eigenvalue weighted by molar-refractivity contribution is 5.78. The minimum absolute atomic E-state index is 0.122. The molecule has 0 saturated heterocycles. The van der Waals surface area contributed by atoms with Crippen LogP contribution in [-0.4, -0.2) is 22.7 Å². The molecule has 2 aromatic rings. The quantitative estimate of drug-likeness (QED) is 0.751. The van der Waals surface area contributed by atoms with E-state index >= 15 is 0 Å². The van der Waals surface area contributed by atoms with E-state index in [2.05, 4.69) is 11.2 Å². The normalized spacial score (nSPS) is 20.8. The number of rotatable bonds is 1. The SMILES string of the molecule is CC.COC(=O)C1(C)CCc2nn3ccccc3c2C1. The van der Waals surface area contributed by atoms with Crippen molar-refractivity contribution in [2.45, 2.75) is 40.0 Å². The highest BCUT2D eigenvalue weighted by Gasteiger charge is 2.39. The van der Waals surface area contributed by atoms with Gasteiger partial charge in [-0.05, 0) is 38.3 Å². The van der Waals surface area contributed by atoms with Crippen molar-refractivity contribution >= 4 is 11.5 Å². The number of hydrogen-bond donors (Lipinski definition) is 0. The van der Waals surface area contributed by atoms with Crippen LogP contribution in [0.25, 0.3) is 5.52 Å². The maximum absolute atomic E-state index is 11.9. The van der Waals surface area contributed by atoms with Crippen LogP contribution in [0.5, 0.6) is 0 Å². The number of hydrogen-bond acceptors (Lipinski definition) is 3. The molecule has 4 heteroatoms. The summed E-state index contributed by atoms with van der Waals surface area (Å²) in [5.41, 5.74) is 2.99. The zero-order chi connectivity index (χ0) is 14.8. The van der Waals surface area contributed by atoms with Gasteiger partial charge in [0.15, 0.2) is 0 Å². The van der Waals surface area contributed by atoms with Gasteiger partial charge in [-0.15, -0.1) is 0 Å². The molecule has 2 heterocycles. The molecular formula is C16H22N2O2. The molecule has 3 rings (SSSR count). The van der Waals surface area contributed by atoms with Crippen LogP contribution in [0.4, 0.5) is 0 Å².